The first kappa shape index (κ1) is 12.0. The summed E-state index contributed by atoms with van der Waals surface area (Å²) in [7, 11) is 0. The lowest BCUT2D eigenvalue weighted by Gasteiger charge is -2.05. The van der Waals surface area contributed by atoms with E-state index < -0.39 is 0 Å². The van der Waals surface area contributed by atoms with E-state index in [4.69, 9.17) is 5.73 Å². The normalized spacial score (nSPS) is 10.1. The quantitative estimate of drug-likeness (QED) is 0.795. The summed E-state index contributed by atoms with van der Waals surface area (Å²) in [6.45, 7) is 2.19. The van der Waals surface area contributed by atoms with Gasteiger partial charge in [-0.25, -0.2) is 9.97 Å². The average Bonchev–Trinajstić information content (AvgIpc) is 2.37. The molecule has 0 atom stereocenters. The number of nitrogens with two attached hydrogens (primary N) is 1. The van der Waals surface area contributed by atoms with Crippen LogP contribution in [0.15, 0.2) is 36.5 Å². The molecule has 0 spiro atoms. The van der Waals surface area contributed by atoms with E-state index in [0.717, 1.165) is 5.69 Å². The molecule has 3 N–H and O–H groups in total. The van der Waals surface area contributed by atoms with E-state index >= 15 is 0 Å². The summed E-state index contributed by atoms with van der Waals surface area (Å²) in [6, 6.07) is 8.55. The van der Waals surface area contributed by atoms with Crippen molar-refractivity contribution in [2.24, 2.45) is 0 Å². The second-order valence-electron chi connectivity index (χ2n) is 3.90. The van der Waals surface area contributed by atoms with E-state index in [2.05, 4.69) is 15.3 Å². The second-order valence-corrected chi connectivity index (χ2v) is 3.90. The molecule has 0 radical (unpaired) electrons. The first-order chi connectivity index (χ1) is 8.65. The van der Waals surface area contributed by atoms with E-state index in [9.17, 15) is 4.79 Å². The standard InChI is InChI=1S/C13H14N4O/c1-9-15-7-6-12(17-9)8-16-13(18)10-2-4-11(14)5-3-10/h2-7H,8,14H2,1H3,(H,16,18). The van der Waals surface area contributed by atoms with Crippen LogP contribution >= 0.6 is 0 Å². The van der Waals surface area contributed by atoms with Crippen LogP contribution in [0, 0.1) is 6.92 Å². The molecule has 0 aliphatic carbocycles. The number of carbonyl (C=O) groups excluding carboxylic acids is 1. The number of nitrogens with one attached hydrogen (secondary N) is 1. The van der Waals surface area contributed by atoms with Crippen molar-refractivity contribution in [2.45, 2.75) is 13.5 Å². The van der Waals surface area contributed by atoms with Gasteiger partial charge in [0, 0.05) is 17.4 Å². The van der Waals surface area contributed by atoms with Crippen molar-refractivity contribution in [3.63, 3.8) is 0 Å². The fourth-order valence-corrected chi connectivity index (χ4v) is 1.51. The molecule has 0 aliphatic heterocycles. The molecule has 92 valence electrons. The Kier molecular flexibility index (Phi) is 3.52. The lowest BCUT2D eigenvalue weighted by atomic mass is 10.2. The van der Waals surface area contributed by atoms with Gasteiger partial charge in [-0.2, -0.15) is 0 Å². The van der Waals surface area contributed by atoms with Crippen LogP contribution in [0.4, 0.5) is 5.69 Å². The van der Waals surface area contributed by atoms with Gasteiger partial charge in [-0.15, -0.1) is 0 Å². The van der Waals surface area contributed by atoms with Crippen LogP contribution in [-0.4, -0.2) is 15.9 Å². The number of hydrogen-bond donors (Lipinski definition) is 2. The van der Waals surface area contributed by atoms with Crippen LogP contribution in [0.5, 0.6) is 0 Å². The minimum Gasteiger partial charge on any atom is -0.399 e. The van der Waals surface area contributed by atoms with Gasteiger partial charge < -0.3 is 11.1 Å². The number of nitrogen functional groups attached to an aromatic ring is 1. The minimum absolute atomic E-state index is 0.147. The van der Waals surface area contributed by atoms with E-state index in [0.29, 0.717) is 23.6 Å². The van der Waals surface area contributed by atoms with Gasteiger partial charge in [0.2, 0.25) is 0 Å². The summed E-state index contributed by atoms with van der Waals surface area (Å²) in [5, 5.41) is 2.79. The highest BCUT2D eigenvalue weighted by molar-refractivity contribution is 5.94. The maximum Gasteiger partial charge on any atom is 0.251 e. The summed E-state index contributed by atoms with van der Waals surface area (Å²) in [4.78, 5) is 20.0. The van der Waals surface area contributed by atoms with Gasteiger partial charge in [0.15, 0.2) is 0 Å². The molecule has 5 nitrogen and oxygen atoms in total. The summed E-state index contributed by atoms with van der Waals surface area (Å²) >= 11 is 0. The maximum atomic E-state index is 11.8. The van der Waals surface area contributed by atoms with Gasteiger partial charge in [-0.1, -0.05) is 0 Å². The van der Waals surface area contributed by atoms with Gasteiger partial charge in [-0.05, 0) is 37.3 Å². The van der Waals surface area contributed by atoms with Gasteiger partial charge in [0.05, 0.1) is 12.2 Å². The Labute approximate surface area is 105 Å². The third-order valence-electron chi connectivity index (χ3n) is 2.44. The fourth-order valence-electron chi connectivity index (χ4n) is 1.51. The lowest BCUT2D eigenvalue weighted by Crippen LogP contribution is -2.23. The Morgan fingerprint density at radius 3 is 2.67 bits per heavy atom. The molecule has 1 aromatic heterocycles. The Morgan fingerprint density at radius 1 is 1.28 bits per heavy atom. The van der Waals surface area contributed by atoms with Crippen LogP contribution in [0.2, 0.25) is 0 Å². The highest BCUT2D eigenvalue weighted by atomic mass is 16.1. The molecule has 2 aromatic rings. The van der Waals surface area contributed by atoms with Crippen molar-refractivity contribution in [3.05, 3.63) is 53.6 Å². The van der Waals surface area contributed by atoms with Gasteiger partial charge >= 0.3 is 0 Å². The predicted molar refractivity (Wildman–Crippen MR) is 68.8 cm³/mol. The first-order valence-corrected chi connectivity index (χ1v) is 5.57. The zero-order chi connectivity index (χ0) is 13.0. The first-order valence-electron chi connectivity index (χ1n) is 5.57. The molecular formula is C13H14N4O. The Hall–Kier alpha value is -2.43. The second kappa shape index (κ2) is 5.27. The predicted octanol–water partition coefficient (Wildman–Crippen LogP) is 1.30. The van der Waals surface area contributed by atoms with Crippen LogP contribution in [0.1, 0.15) is 21.9 Å². The third-order valence-corrected chi connectivity index (χ3v) is 2.44. The topological polar surface area (TPSA) is 80.9 Å². The van der Waals surface area contributed by atoms with Crippen molar-refractivity contribution < 1.29 is 4.79 Å². The Bertz CT molecular complexity index is 551. The average molecular weight is 242 g/mol. The number of amides is 1. The number of anilines is 1. The van der Waals surface area contributed by atoms with Crippen LogP contribution in [-0.2, 0) is 6.54 Å². The molecule has 1 aromatic carbocycles. The fraction of sp³-hybridized carbons (Fsp3) is 0.154. The number of nitrogens with zero attached hydrogens (tertiary/aromatic N) is 2. The summed E-state index contributed by atoms with van der Waals surface area (Å²) in [6.07, 6.45) is 1.67. The zero-order valence-corrected chi connectivity index (χ0v) is 10.1. The van der Waals surface area contributed by atoms with E-state index in [1.807, 2.05) is 6.92 Å². The number of rotatable bonds is 3. The maximum absolute atomic E-state index is 11.8. The largest absolute Gasteiger partial charge is 0.399 e. The molecule has 0 saturated carbocycles. The van der Waals surface area contributed by atoms with E-state index in [1.54, 1.807) is 36.5 Å². The van der Waals surface area contributed by atoms with Crippen molar-refractivity contribution >= 4 is 11.6 Å². The molecule has 0 unspecified atom stereocenters. The van der Waals surface area contributed by atoms with Gasteiger partial charge in [0.25, 0.3) is 5.91 Å². The van der Waals surface area contributed by atoms with Crippen molar-refractivity contribution in [1.82, 2.24) is 15.3 Å². The number of benzene rings is 1. The van der Waals surface area contributed by atoms with Gasteiger partial charge in [0.1, 0.15) is 5.82 Å². The highest BCUT2D eigenvalue weighted by Crippen LogP contribution is 2.05. The van der Waals surface area contributed by atoms with Crippen molar-refractivity contribution in [2.75, 3.05) is 5.73 Å². The van der Waals surface area contributed by atoms with E-state index in [1.165, 1.54) is 0 Å². The van der Waals surface area contributed by atoms with Crippen molar-refractivity contribution in [1.29, 1.82) is 0 Å². The highest BCUT2D eigenvalue weighted by Gasteiger charge is 2.05. The number of aromatic nitrogens is 2. The van der Waals surface area contributed by atoms with Gasteiger partial charge in [-0.3, -0.25) is 4.79 Å². The summed E-state index contributed by atoms with van der Waals surface area (Å²) < 4.78 is 0. The van der Waals surface area contributed by atoms with Crippen molar-refractivity contribution in [3.8, 4) is 0 Å². The van der Waals surface area contributed by atoms with Crippen LogP contribution < -0.4 is 11.1 Å². The molecule has 0 bridgehead atoms. The molecule has 2 rings (SSSR count). The molecule has 1 amide bonds. The Morgan fingerprint density at radius 2 is 2.00 bits per heavy atom. The van der Waals surface area contributed by atoms with Crippen LogP contribution in [0.3, 0.4) is 0 Å². The lowest BCUT2D eigenvalue weighted by molar-refractivity contribution is 0.0950. The SMILES string of the molecule is Cc1nccc(CNC(=O)c2ccc(N)cc2)n1. The number of hydrogen-bond acceptors (Lipinski definition) is 4. The molecule has 1 heterocycles. The monoisotopic (exact) mass is 242 g/mol. The number of carbonyl (C=O) groups is 1. The minimum atomic E-state index is -0.147. The molecule has 0 fully saturated rings. The summed E-state index contributed by atoms with van der Waals surface area (Å²) in [5.74, 6) is 0.542. The molecule has 18 heavy (non-hydrogen) atoms. The smallest absolute Gasteiger partial charge is 0.251 e. The third kappa shape index (κ3) is 3.04. The van der Waals surface area contributed by atoms with Crippen LogP contribution in [0.25, 0.3) is 0 Å². The summed E-state index contributed by atoms with van der Waals surface area (Å²) in [5.41, 5.74) is 7.56. The zero-order valence-electron chi connectivity index (χ0n) is 10.1. The molecular weight excluding hydrogens is 228 g/mol. The molecule has 0 saturated heterocycles. The number of aryl methyl sites for hydroxylation is 1. The molecule has 5 heteroatoms. The molecule has 0 aliphatic rings. The van der Waals surface area contributed by atoms with E-state index in [-0.39, 0.29) is 5.91 Å². The Balaban J connectivity index is 1.98.